The van der Waals surface area contributed by atoms with Crippen LogP contribution in [0.5, 0.6) is 0 Å². The normalized spacial score (nSPS) is 23.4. The maximum atomic E-state index is 13.3. The first-order chi connectivity index (χ1) is 9.06. The second-order valence-corrected chi connectivity index (χ2v) is 5.42. The summed E-state index contributed by atoms with van der Waals surface area (Å²) in [6.07, 6.45) is 4.78. The summed E-state index contributed by atoms with van der Waals surface area (Å²) >= 11 is 0. The van der Waals surface area contributed by atoms with Crippen molar-refractivity contribution < 1.29 is 19.2 Å². The van der Waals surface area contributed by atoms with Crippen LogP contribution in [-0.4, -0.2) is 23.3 Å². The predicted octanol–water partition coefficient (Wildman–Crippen LogP) is 1.60. The molecule has 1 saturated carbocycles. The zero-order valence-electron chi connectivity index (χ0n) is 11.2. The lowest BCUT2D eigenvalue weighted by Crippen LogP contribution is -2.33. The summed E-state index contributed by atoms with van der Waals surface area (Å²) in [6.45, 7) is 2.64. The summed E-state index contributed by atoms with van der Waals surface area (Å²) in [4.78, 5) is 0. The van der Waals surface area contributed by atoms with Crippen LogP contribution in [0.25, 0.3) is 0 Å². The lowest BCUT2D eigenvalue weighted by Gasteiger charge is -2.26. The van der Waals surface area contributed by atoms with Crippen LogP contribution in [-0.2, 0) is 11.3 Å². The number of hydrogen-bond donors (Lipinski definition) is 2. The summed E-state index contributed by atoms with van der Waals surface area (Å²) in [5, 5.41) is 18.1. The summed E-state index contributed by atoms with van der Waals surface area (Å²) in [5.41, 5.74) is 0.668. The van der Waals surface area contributed by atoms with Crippen molar-refractivity contribution in [1.82, 2.24) is 0 Å². The van der Waals surface area contributed by atoms with Crippen LogP contribution in [0.2, 0.25) is 0 Å². The van der Waals surface area contributed by atoms with E-state index in [9.17, 15) is 4.39 Å². The quantitative estimate of drug-likeness (QED) is 0.814. The third-order valence-electron chi connectivity index (χ3n) is 3.79. The van der Waals surface area contributed by atoms with Crippen molar-refractivity contribution >= 4 is 12.6 Å². The molecule has 0 aliphatic heterocycles. The van der Waals surface area contributed by atoms with Gasteiger partial charge >= 0.3 is 7.12 Å². The fraction of sp³-hybridized carbons (Fsp3) is 0.571. The lowest BCUT2D eigenvalue weighted by molar-refractivity contribution is 0.00878. The van der Waals surface area contributed by atoms with E-state index in [1.165, 1.54) is 25.0 Å². The molecular weight excluding hydrogens is 246 g/mol. The number of benzene rings is 1. The van der Waals surface area contributed by atoms with Crippen LogP contribution in [0, 0.1) is 11.7 Å². The minimum absolute atomic E-state index is 0.0987. The molecule has 19 heavy (non-hydrogen) atoms. The van der Waals surface area contributed by atoms with Gasteiger partial charge in [0, 0.05) is 5.46 Å². The highest BCUT2D eigenvalue weighted by atomic mass is 19.1. The fourth-order valence-corrected chi connectivity index (χ4v) is 2.49. The van der Waals surface area contributed by atoms with Gasteiger partial charge in [-0.3, -0.25) is 0 Å². The first-order valence-corrected chi connectivity index (χ1v) is 6.82. The van der Waals surface area contributed by atoms with Gasteiger partial charge in [-0.2, -0.15) is 0 Å². The van der Waals surface area contributed by atoms with Crippen LogP contribution in [0.1, 0.15) is 38.2 Å². The average molecular weight is 266 g/mol. The van der Waals surface area contributed by atoms with Crippen LogP contribution < -0.4 is 5.46 Å². The standard InChI is InChI=1S/C14H20BFO3/c1-10-2-5-12(6-3-10)19-9-11-4-7-14(16)13(8-11)15(17)18/h4,7-8,10,12,17-18H,2-3,5-6,9H2,1H3. The molecular formula is C14H20BFO3. The van der Waals surface area contributed by atoms with E-state index in [0.29, 0.717) is 6.61 Å². The second kappa shape index (κ2) is 6.50. The molecule has 0 atom stereocenters. The molecule has 0 heterocycles. The lowest BCUT2D eigenvalue weighted by atomic mass is 9.79. The SMILES string of the molecule is CC1CCC(OCc2ccc(F)c(B(O)O)c2)CC1. The molecule has 104 valence electrons. The molecule has 1 fully saturated rings. The summed E-state index contributed by atoms with van der Waals surface area (Å²) in [5.74, 6) is 0.173. The zero-order valence-corrected chi connectivity index (χ0v) is 11.2. The molecule has 2 rings (SSSR count). The van der Waals surface area contributed by atoms with Gasteiger partial charge in [-0.05, 0) is 43.2 Å². The van der Waals surface area contributed by atoms with E-state index in [1.54, 1.807) is 6.07 Å². The summed E-state index contributed by atoms with van der Waals surface area (Å²) in [7, 11) is -1.78. The molecule has 2 N–H and O–H groups in total. The third-order valence-corrected chi connectivity index (χ3v) is 3.79. The highest BCUT2D eigenvalue weighted by molar-refractivity contribution is 6.58. The molecule has 0 unspecified atom stereocenters. The van der Waals surface area contributed by atoms with E-state index in [2.05, 4.69) is 6.92 Å². The largest absolute Gasteiger partial charge is 0.491 e. The number of ether oxygens (including phenoxy) is 1. The van der Waals surface area contributed by atoms with Crippen molar-refractivity contribution in [2.24, 2.45) is 5.92 Å². The van der Waals surface area contributed by atoms with Gasteiger partial charge in [-0.15, -0.1) is 0 Å². The fourth-order valence-electron chi connectivity index (χ4n) is 2.49. The molecule has 0 bridgehead atoms. The van der Waals surface area contributed by atoms with Crippen molar-refractivity contribution in [3.8, 4) is 0 Å². The Morgan fingerprint density at radius 3 is 2.58 bits per heavy atom. The number of rotatable bonds is 4. The number of hydrogen-bond acceptors (Lipinski definition) is 3. The van der Waals surface area contributed by atoms with E-state index < -0.39 is 12.9 Å². The Balaban J connectivity index is 1.91. The Bertz CT molecular complexity index is 417. The molecule has 0 aromatic heterocycles. The van der Waals surface area contributed by atoms with Gasteiger partial charge in [-0.25, -0.2) is 4.39 Å². The van der Waals surface area contributed by atoms with Crippen molar-refractivity contribution in [2.75, 3.05) is 0 Å². The molecule has 0 spiro atoms. The molecule has 1 aliphatic rings. The second-order valence-electron chi connectivity index (χ2n) is 5.42. The van der Waals surface area contributed by atoms with Gasteiger partial charge in [0.15, 0.2) is 0 Å². The Morgan fingerprint density at radius 1 is 1.26 bits per heavy atom. The molecule has 0 radical (unpaired) electrons. The van der Waals surface area contributed by atoms with Crippen molar-refractivity contribution in [2.45, 2.75) is 45.3 Å². The molecule has 1 aromatic rings. The Labute approximate surface area is 113 Å². The van der Waals surface area contributed by atoms with Crippen LogP contribution >= 0.6 is 0 Å². The first kappa shape index (κ1) is 14.5. The monoisotopic (exact) mass is 266 g/mol. The summed E-state index contributed by atoms with van der Waals surface area (Å²) in [6, 6.07) is 4.31. The van der Waals surface area contributed by atoms with E-state index >= 15 is 0 Å². The topological polar surface area (TPSA) is 49.7 Å². The van der Waals surface area contributed by atoms with Crippen LogP contribution in [0.4, 0.5) is 4.39 Å². The smallest absolute Gasteiger partial charge is 0.423 e. The van der Waals surface area contributed by atoms with E-state index in [-0.39, 0.29) is 11.6 Å². The van der Waals surface area contributed by atoms with E-state index in [4.69, 9.17) is 14.8 Å². The van der Waals surface area contributed by atoms with Crippen LogP contribution in [0.3, 0.4) is 0 Å². The molecule has 1 aliphatic carbocycles. The van der Waals surface area contributed by atoms with Gasteiger partial charge in [0.1, 0.15) is 5.82 Å². The van der Waals surface area contributed by atoms with Gasteiger partial charge in [0.25, 0.3) is 0 Å². The third kappa shape index (κ3) is 4.03. The maximum absolute atomic E-state index is 13.3. The zero-order chi connectivity index (χ0) is 13.8. The summed E-state index contributed by atoms with van der Waals surface area (Å²) < 4.78 is 19.1. The number of halogens is 1. The molecule has 1 aromatic carbocycles. The van der Waals surface area contributed by atoms with E-state index in [0.717, 1.165) is 24.3 Å². The molecule has 0 amide bonds. The highest BCUT2D eigenvalue weighted by Crippen LogP contribution is 2.26. The molecule has 3 nitrogen and oxygen atoms in total. The molecule has 5 heteroatoms. The van der Waals surface area contributed by atoms with Crippen molar-refractivity contribution in [3.05, 3.63) is 29.6 Å². The minimum atomic E-state index is -1.78. The van der Waals surface area contributed by atoms with Gasteiger partial charge < -0.3 is 14.8 Å². The van der Waals surface area contributed by atoms with Crippen molar-refractivity contribution in [1.29, 1.82) is 0 Å². The Hall–Kier alpha value is -0.905. The maximum Gasteiger partial charge on any atom is 0.491 e. The molecule has 0 saturated heterocycles. The Kier molecular flexibility index (Phi) is 4.96. The van der Waals surface area contributed by atoms with Gasteiger partial charge in [0.05, 0.1) is 12.7 Å². The minimum Gasteiger partial charge on any atom is -0.423 e. The van der Waals surface area contributed by atoms with Crippen molar-refractivity contribution in [3.63, 3.8) is 0 Å². The Morgan fingerprint density at radius 2 is 1.95 bits per heavy atom. The average Bonchev–Trinajstić information content (AvgIpc) is 2.39. The predicted molar refractivity (Wildman–Crippen MR) is 72.4 cm³/mol. The first-order valence-electron chi connectivity index (χ1n) is 6.82. The van der Waals surface area contributed by atoms with Gasteiger partial charge in [0.2, 0.25) is 0 Å². The van der Waals surface area contributed by atoms with Crippen LogP contribution in [0.15, 0.2) is 18.2 Å². The van der Waals surface area contributed by atoms with Gasteiger partial charge in [-0.1, -0.05) is 19.1 Å². The highest BCUT2D eigenvalue weighted by Gasteiger charge is 2.20. The van der Waals surface area contributed by atoms with E-state index in [1.807, 2.05) is 0 Å².